The zero-order valence-corrected chi connectivity index (χ0v) is 17.6. The SMILES string of the molecule is CCCOC(=O)C(Sc1cc(NC(=O)c2ccccc2)c(F)cc1Cl)C(C)C. The number of benzene rings is 2. The Balaban J connectivity index is 2.24. The number of amides is 1. The molecule has 0 spiro atoms. The Bertz CT molecular complexity index is 830. The van der Waals surface area contributed by atoms with Crippen LogP contribution in [-0.2, 0) is 9.53 Å². The third-order valence-electron chi connectivity index (χ3n) is 3.85. The van der Waals surface area contributed by atoms with Crippen molar-refractivity contribution in [2.75, 3.05) is 11.9 Å². The quantitative estimate of drug-likeness (QED) is 0.430. The second-order valence-electron chi connectivity index (χ2n) is 6.53. The Morgan fingerprint density at radius 3 is 2.50 bits per heavy atom. The van der Waals surface area contributed by atoms with Crippen LogP contribution in [0.2, 0.25) is 5.02 Å². The van der Waals surface area contributed by atoms with Crippen molar-refractivity contribution in [1.29, 1.82) is 0 Å². The van der Waals surface area contributed by atoms with Crippen LogP contribution in [0, 0.1) is 11.7 Å². The average Bonchev–Trinajstić information content (AvgIpc) is 2.67. The van der Waals surface area contributed by atoms with Crippen LogP contribution in [0.3, 0.4) is 0 Å². The van der Waals surface area contributed by atoms with Gasteiger partial charge in [0.1, 0.15) is 11.1 Å². The van der Waals surface area contributed by atoms with E-state index >= 15 is 0 Å². The van der Waals surface area contributed by atoms with E-state index in [-0.39, 0.29) is 22.6 Å². The van der Waals surface area contributed by atoms with E-state index < -0.39 is 17.0 Å². The van der Waals surface area contributed by atoms with Crippen LogP contribution in [-0.4, -0.2) is 23.7 Å². The highest BCUT2D eigenvalue weighted by Crippen LogP contribution is 2.37. The number of hydrogen-bond acceptors (Lipinski definition) is 4. The average molecular weight is 424 g/mol. The summed E-state index contributed by atoms with van der Waals surface area (Å²) in [5, 5.41) is 2.24. The second kappa shape index (κ2) is 10.5. The predicted octanol–water partition coefficient (Wildman–Crippen LogP) is 5.80. The van der Waals surface area contributed by atoms with Gasteiger partial charge in [-0.05, 0) is 36.6 Å². The molecule has 150 valence electrons. The van der Waals surface area contributed by atoms with Gasteiger partial charge in [-0.15, -0.1) is 11.8 Å². The topological polar surface area (TPSA) is 55.4 Å². The molecule has 7 heteroatoms. The Morgan fingerprint density at radius 2 is 1.89 bits per heavy atom. The number of halogens is 2. The van der Waals surface area contributed by atoms with Gasteiger partial charge < -0.3 is 10.1 Å². The van der Waals surface area contributed by atoms with E-state index in [4.69, 9.17) is 16.3 Å². The molecule has 2 aromatic rings. The van der Waals surface area contributed by atoms with Gasteiger partial charge in [-0.3, -0.25) is 9.59 Å². The number of anilines is 1. The summed E-state index contributed by atoms with van der Waals surface area (Å²) in [6.45, 7) is 6.07. The Morgan fingerprint density at radius 1 is 1.21 bits per heavy atom. The molecule has 0 aliphatic carbocycles. The number of hydrogen-bond donors (Lipinski definition) is 1. The normalized spacial score (nSPS) is 11.9. The lowest BCUT2D eigenvalue weighted by molar-refractivity contribution is -0.143. The van der Waals surface area contributed by atoms with Crippen LogP contribution in [0.25, 0.3) is 0 Å². The standard InChI is InChI=1S/C21H23ClFNO3S/c1-4-10-27-21(26)19(13(2)3)28-18-12-17(16(23)11-15(18)22)24-20(25)14-8-6-5-7-9-14/h5-9,11-13,19H,4,10H2,1-3H3,(H,24,25). The van der Waals surface area contributed by atoms with Gasteiger partial charge in [0.05, 0.1) is 17.3 Å². The maximum absolute atomic E-state index is 14.3. The first-order valence-electron chi connectivity index (χ1n) is 9.02. The van der Waals surface area contributed by atoms with Gasteiger partial charge in [-0.25, -0.2) is 4.39 Å². The van der Waals surface area contributed by atoms with Crippen molar-refractivity contribution in [1.82, 2.24) is 0 Å². The van der Waals surface area contributed by atoms with Gasteiger partial charge in [0.25, 0.3) is 5.91 Å². The van der Waals surface area contributed by atoms with Crippen molar-refractivity contribution in [2.24, 2.45) is 5.92 Å². The third-order valence-corrected chi connectivity index (χ3v) is 5.85. The van der Waals surface area contributed by atoms with E-state index in [1.807, 2.05) is 20.8 Å². The first-order chi connectivity index (χ1) is 13.3. The maximum Gasteiger partial charge on any atom is 0.319 e. The van der Waals surface area contributed by atoms with E-state index in [9.17, 15) is 14.0 Å². The molecule has 4 nitrogen and oxygen atoms in total. The molecule has 0 heterocycles. The minimum absolute atomic E-state index is 0.00480. The molecule has 0 aliphatic rings. The molecular formula is C21H23ClFNO3S. The van der Waals surface area contributed by atoms with Crippen molar-refractivity contribution < 1.29 is 18.7 Å². The minimum Gasteiger partial charge on any atom is -0.465 e. The highest BCUT2D eigenvalue weighted by Gasteiger charge is 2.26. The molecule has 0 saturated carbocycles. The molecule has 2 rings (SSSR count). The van der Waals surface area contributed by atoms with E-state index in [0.29, 0.717) is 17.1 Å². The van der Waals surface area contributed by atoms with Gasteiger partial charge >= 0.3 is 5.97 Å². The van der Waals surface area contributed by atoms with Crippen LogP contribution in [0.5, 0.6) is 0 Å². The van der Waals surface area contributed by atoms with Gasteiger partial charge in [0, 0.05) is 10.5 Å². The van der Waals surface area contributed by atoms with Gasteiger partial charge in [0.15, 0.2) is 0 Å². The van der Waals surface area contributed by atoms with Gasteiger partial charge in [-0.2, -0.15) is 0 Å². The second-order valence-corrected chi connectivity index (χ2v) is 8.12. The molecule has 0 aliphatic heterocycles. The molecule has 0 fully saturated rings. The summed E-state index contributed by atoms with van der Waals surface area (Å²) < 4.78 is 19.6. The van der Waals surface area contributed by atoms with Crippen LogP contribution < -0.4 is 5.32 Å². The van der Waals surface area contributed by atoms with E-state index in [1.54, 1.807) is 30.3 Å². The van der Waals surface area contributed by atoms with E-state index in [2.05, 4.69) is 5.32 Å². The summed E-state index contributed by atoms with van der Waals surface area (Å²) in [7, 11) is 0. The molecule has 28 heavy (non-hydrogen) atoms. The monoisotopic (exact) mass is 423 g/mol. The summed E-state index contributed by atoms with van der Waals surface area (Å²) >= 11 is 7.39. The van der Waals surface area contributed by atoms with Crippen LogP contribution in [0.4, 0.5) is 10.1 Å². The summed E-state index contributed by atoms with van der Waals surface area (Å²) in [5.41, 5.74) is 0.416. The van der Waals surface area contributed by atoms with Crippen molar-refractivity contribution in [3.63, 3.8) is 0 Å². The smallest absolute Gasteiger partial charge is 0.319 e. The lowest BCUT2D eigenvalue weighted by Crippen LogP contribution is -2.26. The Kier molecular flexibility index (Phi) is 8.33. The van der Waals surface area contributed by atoms with Crippen LogP contribution in [0.1, 0.15) is 37.6 Å². The molecule has 1 unspecified atom stereocenters. The summed E-state index contributed by atoms with van der Waals surface area (Å²) in [4.78, 5) is 25.2. The van der Waals surface area contributed by atoms with Crippen LogP contribution in [0.15, 0.2) is 47.4 Å². The van der Waals surface area contributed by atoms with E-state index in [0.717, 1.165) is 12.5 Å². The molecule has 1 amide bonds. The summed E-state index contributed by atoms with van der Waals surface area (Å²) in [6.07, 6.45) is 0.730. The molecule has 2 aromatic carbocycles. The number of esters is 1. The molecule has 0 aromatic heterocycles. The largest absolute Gasteiger partial charge is 0.465 e. The Labute approximate surface area is 173 Å². The van der Waals surface area contributed by atoms with Crippen molar-refractivity contribution in [3.8, 4) is 0 Å². The number of rotatable bonds is 8. The highest BCUT2D eigenvalue weighted by molar-refractivity contribution is 8.00. The zero-order valence-electron chi connectivity index (χ0n) is 16.0. The fraction of sp³-hybridized carbons (Fsp3) is 0.333. The fourth-order valence-corrected chi connectivity index (χ4v) is 3.73. The highest BCUT2D eigenvalue weighted by atomic mass is 35.5. The number of nitrogens with one attached hydrogen (secondary N) is 1. The lowest BCUT2D eigenvalue weighted by atomic mass is 10.1. The first kappa shape index (κ1) is 22.2. The minimum atomic E-state index is -0.645. The van der Waals surface area contributed by atoms with Crippen LogP contribution >= 0.6 is 23.4 Å². The van der Waals surface area contributed by atoms with Gasteiger partial charge in [0.2, 0.25) is 0 Å². The maximum atomic E-state index is 14.3. The zero-order chi connectivity index (χ0) is 20.7. The predicted molar refractivity (Wildman–Crippen MR) is 112 cm³/mol. The third kappa shape index (κ3) is 5.97. The number of ether oxygens (including phenoxy) is 1. The summed E-state index contributed by atoms with van der Waals surface area (Å²) in [5.74, 6) is -1.43. The summed E-state index contributed by atoms with van der Waals surface area (Å²) in [6, 6.07) is 11.1. The van der Waals surface area contributed by atoms with Crippen molar-refractivity contribution >= 4 is 40.9 Å². The number of carbonyl (C=O) groups is 2. The lowest BCUT2D eigenvalue weighted by Gasteiger charge is -2.20. The molecule has 0 bridgehead atoms. The van der Waals surface area contributed by atoms with Crippen molar-refractivity contribution in [2.45, 2.75) is 37.3 Å². The van der Waals surface area contributed by atoms with Crippen molar-refractivity contribution in [3.05, 3.63) is 58.9 Å². The molecular weight excluding hydrogens is 401 g/mol. The van der Waals surface area contributed by atoms with E-state index in [1.165, 1.54) is 17.8 Å². The number of thioether (sulfide) groups is 1. The first-order valence-corrected chi connectivity index (χ1v) is 10.3. The number of carbonyl (C=O) groups excluding carboxylic acids is 2. The molecule has 1 N–H and O–H groups in total. The molecule has 0 saturated heterocycles. The molecule has 0 radical (unpaired) electrons. The fourth-order valence-electron chi connectivity index (χ4n) is 2.38. The Hall–Kier alpha value is -2.05. The molecule has 1 atom stereocenters. The van der Waals surface area contributed by atoms with Gasteiger partial charge in [-0.1, -0.05) is 50.6 Å².